The molecule has 3 rings (SSSR count). The van der Waals surface area contributed by atoms with Gasteiger partial charge in [-0.2, -0.15) is 0 Å². The van der Waals surface area contributed by atoms with Crippen LogP contribution in [0.15, 0.2) is 12.1 Å². The first-order valence-corrected chi connectivity index (χ1v) is 7.54. The van der Waals surface area contributed by atoms with Crippen LogP contribution >= 0.6 is 0 Å². The Hall–Kier alpha value is -1.32. The van der Waals surface area contributed by atoms with E-state index in [2.05, 4.69) is 47.9 Å². The number of aryl methyl sites for hydroxylation is 2. The van der Waals surface area contributed by atoms with Crippen LogP contribution in [0.2, 0.25) is 0 Å². The van der Waals surface area contributed by atoms with Crippen LogP contribution in [0.1, 0.15) is 28.8 Å². The van der Waals surface area contributed by atoms with Crippen LogP contribution in [0, 0.1) is 6.92 Å². The lowest BCUT2D eigenvalue weighted by molar-refractivity contribution is 0.353. The SMILES string of the molecule is CNCCCc1c(C)n(C)c2cc3c(cc12)CN(C)C3. The topological polar surface area (TPSA) is 20.2 Å². The monoisotopic (exact) mass is 271 g/mol. The Bertz CT molecular complexity index is 639. The Balaban J connectivity index is 2.06. The highest BCUT2D eigenvalue weighted by atomic mass is 15.1. The van der Waals surface area contributed by atoms with Crippen molar-refractivity contribution in [3.63, 3.8) is 0 Å². The molecule has 3 heteroatoms. The molecule has 1 aliphatic heterocycles. The lowest BCUT2D eigenvalue weighted by Crippen LogP contribution is -2.08. The Morgan fingerprint density at radius 3 is 2.55 bits per heavy atom. The highest BCUT2D eigenvalue weighted by Crippen LogP contribution is 2.32. The molecule has 0 amide bonds. The minimum Gasteiger partial charge on any atom is -0.348 e. The van der Waals surface area contributed by atoms with Crippen molar-refractivity contribution >= 4 is 10.9 Å². The number of aromatic nitrogens is 1. The van der Waals surface area contributed by atoms with Crippen molar-refractivity contribution in [2.75, 3.05) is 20.6 Å². The summed E-state index contributed by atoms with van der Waals surface area (Å²) in [7, 11) is 6.42. The standard InChI is InChI=1S/C17H25N3/c1-12-15(6-5-7-18-2)16-8-13-10-19(3)11-14(13)9-17(16)20(12)4/h8-9,18H,5-7,10-11H2,1-4H3. The predicted octanol–water partition coefficient (Wildman–Crippen LogP) is 2.58. The summed E-state index contributed by atoms with van der Waals surface area (Å²) in [5.74, 6) is 0. The highest BCUT2D eigenvalue weighted by Gasteiger charge is 2.19. The largest absolute Gasteiger partial charge is 0.348 e. The van der Waals surface area contributed by atoms with Crippen molar-refractivity contribution in [2.45, 2.75) is 32.9 Å². The summed E-state index contributed by atoms with van der Waals surface area (Å²) in [5.41, 5.74) is 7.38. The maximum Gasteiger partial charge on any atom is 0.0486 e. The van der Waals surface area contributed by atoms with Gasteiger partial charge >= 0.3 is 0 Å². The molecule has 0 fully saturated rings. The lowest BCUT2D eigenvalue weighted by Gasteiger charge is -2.04. The molecule has 0 spiro atoms. The molecular weight excluding hydrogens is 246 g/mol. The maximum atomic E-state index is 3.25. The van der Waals surface area contributed by atoms with Crippen molar-refractivity contribution in [1.82, 2.24) is 14.8 Å². The molecule has 3 nitrogen and oxygen atoms in total. The molecule has 0 saturated heterocycles. The van der Waals surface area contributed by atoms with E-state index in [1.54, 1.807) is 0 Å². The number of fused-ring (bicyclic) bond motifs is 2. The number of hydrogen-bond donors (Lipinski definition) is 1. The van der Waals surface area contributed by atoms with Gasteiger partial charge in [0.1, 0.15) is 0 Å². The average molecular weight is 271 g/mol. The number of nitrogens with one attached hydrogen (secondary N) is 1. The molecule has 108 valence electrons. The van der Waals surface area contributed by atoms with Crippen LogP contribution in [-0.2, 0) is 26.6 Å². The first kappa shape index (κ1) is 13.7. The van der Waals surface area contributed by atoms with E-state index in [0.717, 1.165) is 19.6 Å². The third-order valence-corrected chi connectivity index (χ3v) is 4.68. The van der Waals surface area contributed by atoms with Gasteiger partial charge in [0.15, 0.2) is 0 Å². The van der Waals surface area contributed by atoms with Gasteiger partial charge in [-0.1, -0.05) is 0 Å². The summed E-state index contributed by atoms with van der Waals surface area (Å²) in [6.07, 6.45) is 2.37. The minimum atomic E-state index is 1.09. The van der Waals surface area contributed by atoms with Crippen molar-refractivity contribution in [3.05, 3.63) is 34.5 Å². The molecule has 0 saturated carbocycles. The van der Waals surface area contributed by atoms with Crippen LogP contribution in [0.3, 0.4) is 0 Å². The van der Waals surface area contributed by atoms with Crippen LogP contribution in [0.25, 0.3) is 10.9 Å². The minimum absolute atomic E-state index is 1.09. The van der Waals surface area contributed by atoms with E-state index in [0.29, 0.717) is 0 Å². The summed E-state index contributed by atoms with van der Waals surface area (Å²) in [5, 5.41) is 4.71. The zero-order valence-corrected chi connectivity index (χ0v) is 13.1. The second-order valence-electron chi connectivity index (χ2n) is 6.14. The lowest BCUT2D eigenvalue weighted by atomic mass is 10.0. The van der Waals surface area contributed by atoms with Gasteiger partial charge in [-0.05, 0) is 69.2 Å². The molecule has 1 aliphatic rings. The van der Waals surface area contributed by atoms with Gasteiger partial charge in [0.05, 0.1) is 0 Å². The maximum absolute atomic E-state index is 3.25. The average Bonchev–Trinajstić information content (AvgIpc) is 2.89. The summed E-state index contributed by atoms with van der Waals surface area (Å²) in [6.45, 7) is 5.52. The predicted molar refractivity (Wildman–Crippen MR) is 85.1 cm³/mol. The molecule has 20 heavy (non-hydrogen) atoms. The first-order chi connectivity index (χ1) is 9.61. The molecule has 1 aromatic heterocycles. The molecule has 0 bridgehead atoms. The molecule has 0 atom stereocenters. The molecule has 1 aromatic carbocycles. The van der Waals surface area contributed by atoms with E-state index < -0.39 is 0 Å². The molecular formula is C17H25N3. The summed E-state index contributed by atoms with van der Waals surface area (Å²) in [4.78, 5) is 2.39. The normalized spacial score (nSPS) is 15.2. The smallest absolute Gasteiger partial charge is 0.0486 e. The molecule has 2 heterocycles. The van der Waals surface area contributed by atoms with E-state index in [1.807, 2.05) is 7.05 Å². The van der Waals surface area contributed by atoms with Gasteiger partial charge in [0.25, 0.3) is 0 Å². The van der Waals surface area contributed by atoms with Gasteiger partial charge < -0.3 is 9.88 Å². The van der Waals surface area contributed by atoms with Crippen LogP contribution in [0.4, 0.5) is 0 Å². The third-order valence-electron chi connectivity index (χ3n) is 4.68. The van der Waals surface area contributed by atoms with Gasteiger partial charge in [0, 0.05) is 36.7 Å². The van der Waals surface area contributed by atoms with E-state index in [9.17, 15) is 0 Å². The zero-order chi connectivity index (χ0) is 14.3. The van der Waals surface area contributed by atoms with Crippen LogP contribution in [0.5, 0.6) is 0 Å². The Labute approximate surface area is 121 Å². The summed E-state index contributed by atoms with van der Waals surface area (Å²) in [6, 6.07) is 4.85. The molecule has 1 N–H and O–H groups in total. The second-order valence-corrected chi connectivity index (χ2v) is 6.14. The quantitative estimate of drug-likeness (QED) is 0.863. The van der Waals surface area contributed by atoms with Gasteiger partial charge in [-0.25, -0.2) is 0 Å². The molecule has 0 aliphatic carbocycles. The van der Waals surface area contributed by atoms with Gasteiger partial charge in [-0.3, -0.25) is 4.90 Å². The summed E-state index contributed by atoms with van der Waals surface area (Å²) >= 11 is 0. The number of rotatable bonds is 4. The Kier molecular flexibility index (Phi) is 3.57. The third kappa shape index (κ3) is 2.15. The van der Waals surface area contributed by atoms with Gasteiger partial charge in [0.2, 0.25) is 0 Å². The Morgan fingerprint density at radius 2 is 1.85 bits per heavy atom. The van der Waals surface area contributed by atoms with Gasteiger partial charge in [-0.15, -0.1) is 0 Å². The number of nitrogens with zero attached hydrogens (tertiary/aromatic N) is 2. The zero-order valence-electron chi connectivity index (χ0n) is 13.1. The fourth-order valence-electron chi connectivity index (χ4n) is 3.46. The fourth-order valence-corrected chi connectivity index (χ4v) is 3.46. The molecule has 2 aromatic rings. The van der Waals surface area contributed by atoms with E-state index in [4.69, 9.17) is 0 Å². The second kappa shape index (κ2) is 5.23. The van der Waals surface area contributed by atoms with Crippen LogP contribution in [-0.4, -0.2) is 30.1 Å². The first-order valence-electron chi connectivity index (χ1n) is 7.54. The fraction of sp³-hybridized carbons (Fsp3) is 0.529. The molecule has 0 unspecified atom stereocenters. The van der Waals surface area contributed by atoms with Crippen LogP contribution < -0.4 is 5.32 Å². The number of hydrogen-bond acceptors (Lipinski definition) is 2. The van der Waals surface area contributed by atoms with Crippen molar-refractivity contribution < 1.29 is 0 Å². The Morgan fingerprint density at radius 1 is 1.15 bits per heavy atom. The summed E-state index contributed by atoms with van der Waals surface area (Å²) < 4.78 is 2.36. The number of benzene rings is 1. The van der Waals surface area contributed by atoms with E-state index in [1.165, 1.54) is 46.1 Å². The van der Waals surface area contributed by atoms with Crippen molar-refractivity contribution in [1.29, 1.82) is 0 Å². The molecule has 0 radical (unpaired) electrons. The van der Waals surface area contributed by atoms with Crippen molar-refractivity contribution in [2.24, 2.45) is 7.05 Å². The van der Waals surface area contributed by atoms with E-state index in [-0.39, 0.29) is 0 Å². The van der Waals surface area contributed by atoms with E-state index >= 15 is 0 Å². The highest BCUT2D eigenvalue weighted by molar-refractivity contribution is 5.87. The van der Waals surface area contributed by atoms with Crippen molar-refractivity contribution in [3.8, 4) is 0 Å².